The first kappa shape index (κ1) is 27.2. The first-order chi connectivity index (χ1) is 18.1. The van der Waals surface area contributed by atoms with Crippen LogP contribution in [0.5, 0.6) is 0 Å². The second-order valence-corrected chi connectivity index (χ2v) is 11.7. The van der Waals surface area contributed by atoms with Crippen LogP contribution < -0.4 is 0 Å². The molecule has 3 aromatic carbocycles. The molecule has 0 saturated carbocycles. The lowest BCUT2D eigenvalue weighted by Crippen LogP contribution is -2.23. The summed E-state index contributed by atoms with van der Waals surface area (Å²) in [6.07, 6.45) is 0. The van der Waals surface area contributed by atoms with Crippen LogP contribution in [0.2, 0.25) is 20.2 Å². The maximum absolute atomic E-state index is 13.8. The summed E-state index contributed by atoms with van der Waals surface area (Å²) >= 11 is 27.4. The predicted octanol–water partition coefficient (Wildman–Crippen LogP) is 9.41. The number of thioether (sulfide) groups is 1. The summed E-state index contributed by atoms with van der Waals surface area (Å²) < 4.78 is 15.8. The van der Waals surface area contributed by atoms with Crippen LogP contribution >= 0.6 is 58.2 Å². The molecule has 0 spiro atoms. The number of halogens is 5. The molecule has 4 aromatic rings. The second-order valence-electron chi connectivity index (χ2n) is 9.14. The van der Waals surface area contributed by atoms with Crippen molar-refractivity contribution in [1.29, 1.82) is 0 Å². The Morgan fingerprint density at radius 1 is 0.921 bits per heavy atom. The molecule has 38 heavy (non-hydrogen) atoms. The zero-order chi connectivity index (χ0) is 27.0. The van der Waals surface area contributed by atoms with Gasteiger partial charge in [-0.15, -0.1) is 5.10 Å². The lowest BCUT2D eigenvalue weighted by Gasteiger charge is -2.28. The fourth-order valence-electron chi connectivity index (χ4n) is 4.25. The Hall–Kier alpha value is -2.42. The highest BCUT2D eigenvalue weighted by molar-refractivity contribution is 7.98. The molecule has 0 unspecified atom stereocenters. The average Bonchev–Trinajstić information content (AvgIpc) is 3.53. The molecule has 0 bridgehead atoms. The molecule has 1 aliphatic heterocycles. The Labute approximate surface area is 243 Å². The SMILES string of the molecule is CC(C)(c1ccc(Cl)c(Cl)c1)c1c(Cl)nc(SCc2ccc(C3=NN=NC3)c(Cl)c2)n1-c1ccc(F)cc1. The van der Waals surface area contributed by atoms with Crippen molar-refractivity contribution in [2.45, 2.75) is 30.2 Å². The van der Waals surface area contributed by atoms with Gasteiger partial charge in [-0.25, -0.2) is 9.37 Å². The van der Waals surface area contributed by atoms with Crippen LogP contribution in [0.4, 0.5) is 4.39 Å². The number of imidazole rings is 1. The van der Waals surface area contributed by atoms with Gasteiger partial charge >= 0.3 is 0 Å². The zero-order valence-electron chi connectivity index (χ0n) is 20.2. The molecule has 0 fully saturated rings. The van der Waals surface area contributed by atoms with Crippen molar-refractivity contribution in [2.75, 3.05) is 6.54 Å². The third kappa shape index (κ3) is 5.36. The van der Waals surface area contributed by atoms with E-state index >= 15 is 0 Å². The van der Waals surface area contributed by atoms with Crippen LogP contribution in [0, 0.1) is 5.82 Å². The summed E-state index contributed by atoms with van der Waals surface area (Å²) in [5.74, 6) is 0.240. The predicted molar refractivity (Wildman–Crippen MR) is 154 cm³/mol. The van der Waals surface area contributed by atoms with E-state index in [1.165, 1.54) is 23.9 Å². The van der Waals surface area contributed by atoms with Crippen molar-refractivity contribution < 1.29 is 4.39 Å². The molecule has 194 valence electrons. The van der Waals surface area contributed by atoms with Crippen LogP contribution in [0.15, 0.2) is 81.3 Å². The summed E-state index contributed by atoms with van der Waals surface area (Å²) in [7, 11) is 0. The van der Waals surface area contributed by atoms with E-state index in [1.807, 2.05) is 48.7 Å². The summed E-state index contributed by atoms with van der Waals surface area (Å²) in [5, 5.41) is 14.1. The van der Waals surface area contributed by atoms with Crippen LogP contribution in [0.25, 0.3) is 5.69 Å². The van der Waals surface area contributed by atoms with Gasteiger partial charge < -0.3 is 0 Å². The van der Waals surface area contributed by atoms with Crippen molar-refractivity contribution in [3.63, 3.8) is 0 Å². The third-order valence-electron chi connectivity index (χ3n) is 6.28. The summed E-state index contributed by atoms with van der Waals surface area (Å²) in [6, 6.07) is 17.5. The van der Waals surface area contributed by atoms with Gasteiger partial charge in [-0.3, -0.25) is 4.57 Å². The van der Waals surface area contributed by atoms with E-state index in [4.69, 9.17) is 51.4 Å². The molecule has 5 rings (SSSR count). The van der Waals surface area contributed by atoms with Gasteiger partial charge in [0.1, 0.15) is 12.4 Å². The average molecular weight is 607 g/mol. The van der Waals surface area contributed by atoms with Crippen LogP contribution in [-0.2, 0) is 11.2 Å². The number of nitrogens with zero attached hydrogens (tertiary/aromatic N) is 5. The molecular formula is C27H20Cl4FN5S. The molecule has 2 heterocycles. The Morgan fingerprint density at radius 3 is 2.34 bits per heavy atom. The van der Waals surface area contributed by atoms with Crippen molar-refractivity contribution in [2.24, 2.45) is 15.4 Å². The first-order valence-corrected chi connectivity index (χ1v) is 14.0. The third-order valence-corrected chi connectivity index (χ3v) is 8.61. The van der Waals surface area contributed by atoms with Crippen molar-refractivity contribution in [3.05, 3.63) is 109 Å². The number of hydrogen-bond acceptors (Lipinski definition) is 5. The molecule has 1 aromatic heterocycles. The fraction of sp³-hybridized carbons (Fsp3) is 0.185. The molecule has 0 aliphatic carbocycles. The molecule has 0 saturated heterocycles. The number of rotatable bonds is 7. The van der Waals surface area contributed by atoms with Gasteiger partial charge in [0.2, 0.25) is 0 Å². The van der Waals surface area contributed by atoms with Crippen molar-refractivity contribution in [3.8, 4) is 5.69 Å². The van der Waals surface area contributed by atoms with Gasteiger partial charge in [0.25, 0.3) is 0 Å². The highest BCUT2D eigenvalue weighted by atomic mass is 35.5. The maximum atomic E-state index is 13.8. The van der Waals surface area contributed by atoms with Crippen molar-refractivity contribution in [1.82, 2.24) is 9.55 Å². The van der Waals surface area contributed by atoms with E-state index in [1.54, 1.807) is 18.2 Å². The Balaban J connectivity index is 1.53. The van der Waals surface area contributed by atoms with Gasteiger partial charge in [-0.1, -0.05) is 90.2 Å². The van der Waals surface area contributed by atoms with Gasteiger partial charge in [0, 0.05) is 22.4 Å². The topological polar surface area (TPSA) is 54.9 Å². The Morgan fingerprint density at radius 2 is 1.68 bits per heavy atom. The van der Waals surface area contributed by atoms with E-state index in [2.05, 4.69) is 15.4 Å². The molecule has 5 nitrogen and oxygen atoms in total. The van der Waals surface area contributed by atoms with E-state index < -0.39 is 5.41 Å². The lowest BCUT2D eigenvalue weighted by atomic mass is 9.81. The molecule has 11 heteroatoms. The summed E-state index contributed by atoms with van der Waals surface area (Å²) in [4.78, 5) is 4.72. The normalized spacial score (nSPS) is 13.3. The minimum absolute atomic E-state index is 0.332. The van der Waals surface area contributed by atoms with E-state index in [9.17, 15) is 4.39 Å². The molecule has 0 atom stereocenters. The first-order valence-electron chi connectivity index (χ1n) is 11.5. The Kier molecular flexibility index (Phi) is 7.85. The second kappa shape index (κ2) is 11.0. The largest absolute Gasteiger partial charge is 0.289 e. The minimum Gasteiger partial charge on any atom is -0.289 e. The van der Waals surface area contributed by atoms with E-state index in [-0.39, 0.29) is 5.82 Å². The van der Waals surface area contributed by atoms with Gasteiger partial charge in [0.15, 0.2) is 10.3 Å². The highest BCUT2D eigenvalue weighted by Gasteiger charge is 2.33. The quantitative estimate of drug-likeness (QED) is 0.197. The maximum Gasteiger partial charge on any atom is 0.174 e. The number of benzene rings is 3. The molecule has 0 radical (unpaired) electrons. The molecular weight excluding hydrogens is 587 g/mol. The highest BCUT2D eigenvalue weighted by Crippen LogP contribution is 2.42. The van der Waals surface area contributed by atoms with E-state index in [0.29, 0.717) is 37.7 Å². The van der Waals surface area contributed by atoms with Crippen LogP contribution in [0.3, 0.4) is 0 Å². The monoisotopic (exact) mass is 605 g/mol. The number of hydrogen-bond donors (Lipinski definition) is 0. The van der Waals surface area contributed by atoms with Crippen LogP contribution in [0.1, 0.15) is 36.2 Å². The van der Waals surface area contributed by atoms with Gasteiger partial charge in [-0.05, 0) is 58.8 Å². The lowest BCUT2D eigenvalue weighted by molar-refractivity contribution is 0.592. The zero-order valence-corrected chi connectivity index (χ0v) is 24.1. The summed E-state index contributed by atoms with van der Waals surface area (Å²) in [5.41, 5.74) is 4.31. The molecule has 0 N–H and O–H groups in total. The fourth-order valence-corrected chi connectivity index (χ4v) is 6.26. The molecule has 0 amide bonds. The van der Waals surface area contributed by atoms with Crippen molar-refractivity contribution >= 4 is 63.9 Å². The standard InChI is InChI=1S/C27H20Cl4FN5S/c1-27(2,16-4-10-20(28)22(30)12-16)24-25(31)34-26(37(24)18-7-5-17(32)6-8-18)38-14-15-3-9-19(21(29)11-15)23-13-33-36-35-23/h3-12H,13-14H2,1-2H3. The van der Waals surface area contributed by atoms with Gasteiger partial charge in [-0.2, -0.15) is 5.11 Å². The smallest absolute Gasteiger partial charge is 0.174 e. The number of aromatic nitrogens is 2. The van der Waals surface area contributed by atoms with Crippen LogP contribution in [-0.4, -0.2) is 21.8 Å². The Bertz CT molecular complexity index is 1580. The summed E-state index contributed by atoms with van der Waals surface area (Å²) in [6.45, 7) is 4.48. The minimum atomic E-state index is -0.616. The molecule has 1 aliphatic rings. The van der Waals surface area contributed by atoms with Gasteiger partial charge in [0.05, 0.1) is 26.5 Å². The van der Waals surface area contributed by atoms with E-state index in [0.717, 1.165) is 33.8 Å².